The molecule has 27 heavy (non-hydrogen) atoms. The zero-order valence-electron chi connectivity index (χ0n) is 15.6. The molecule has 0 atom stereocenters. The first-order chi connectivity index (χ1) is 13.1. The summed E-state index contributed by atoms with van der Waals surface area (Å²) in [5.41, 5.74) is 2.71. The first-order valence-corrected chi connectivity index (χ1v) is 10.3. The second kappa shape index (κ2) is 7.56. The molecule has 1 saturated heterocycles. The maximum atomic E-state index is 10.8. The van der Waals surface area contributed by atoms with Gasteiger partial charge >= 0.3 is 5.97 Å². The molecule has 2 heterocycles. The molecule has 0 amide bonds. The summed E-state index contributed by atoms with van der Waals surface area (Å²) in [6.07, 6.45) is 2.29. The van der Waals surface area contributed by atoms with Crippen LogP contribution in [0, 0.1) is 6.92 Å². The molecule has 0 aliphatic carbocycles. The molecule has 1 spiro atoms. The number of hydrogen-bond acceptors (Lipinski definition) is 4. The van der Waals surface area contributed by atoms with E-state index >= 15 is 0 Å². The number of aryl methyl sites for hydroxylation is 1. The van der Waals surface area contributed by atoms with E-state index in [1.165, 1.54) is 20.9 Å². The highest BCUT2D eigenvalue weighted by atomic mass is 32.2. The van der Waals surface area contributed by atoms with Crippen LogP contribution >= 0.6 is 11.8 Å². The van der Waals surface area contributed by atoms with E-state index in [4.69, 9.17) is 9.84 Å². The Bertz CT molecular complexity index is 843. The van der Waals surface area contributed by atoms with Gasteiger partial charge in [0.2, 0.25) is 0 Å². The summed E-state index contributed by atoms with van der Waals surface area (Å²) in [4.78, 5) is 15.5. The van der Waals surface area contributed by atoms with Crippen molar-refractivity contribution in [3.05, 3.63) is 53.6 Å². The minimum absolute atomic E-state index is 0.0981. The van der Waals surface area contributed by atoms with Gasteiger partial charge in [-0.3, -0.25) is 4.79 Å². The molecule has 1 N–H and O–H groups in total. The van der Waals surface area contributed by atoms with E-state index in [-0.39, 0.29) is 11.8 Å². The number of carboxylic acid groups (broad SMARTS) is 1. The van der Waals surface area contributed by atoms with Gasteiger partial charge in [-0.15, -0.1) is 0 Å². The van der Waals surface area contributed by atoms with Gasteiger partial charge in [0, 0.05) is 27.3 Å². The van der Waals surface area contributed by atoms with E-state index in [0.29, 0.717) is 6.54 Å². The number of fused-ring (bicyclic) bond motifs is 2. The molecule has 0 saturated carbocycles. The molecule has 2 aliphatic rings. The fourth-order valence-electron chi connectivity index (χ4n) is 4.09. The standard InChI is InChI=1S/C22H25NO3S/c1-16-4-2-3-5-20(16)27-17-6-7-18-19(14-17)26-15-22(18)9-12-23(13-10-22)11-8-21(24)25/h2-7,14H,8-13,15H2,1H3,(H,24,25). The van der Waals surface area contributed by atoms with Crippen LogP contribution in [0.1, 0.15) is 30.4 Å². The van der Waals surface area contributed by atoms with E-state index in [0.717, 1.165) is 38.3 Å². The van der Waals surface area contributed by atoms with E-state index in [1.807, 2.05) is 0 Å². The first kappa shape index (κ1) is 18.4. The number of piperidine rings is 1. The zero-order chi connectivity index (χ0) is 18.9. The maximum absolute atomic E-state index is 10.8. The Kier molecular flexibility index (Phi) is 5.15. The van der Waals surface area contributed by atoms with Crippen molar-refractivity contribution in [2.75, 3.05) is 26.2 Å². The Morgan fingerprint density at radius 2 is 2.00 bits per heavy atom. The molecule has 2 aromatic carbocycles. The van der Waals surface area contributed by atoms with E-state index < -0.39 is 5.97 Å². The molecule has 5 heteroatoms. The minimum atomic E-state index is -0.719. The number of rotatable bonds is 5. The van der Waals surface area contributed by atoms with Crippen molar-refractivity contribution in [3.8, 4) is 5.75 Å². The average molecular weight is 384 g/mol. The maximum Gasteiger partial charge on any atom is 0.304 e. The number of aliphatic carboxylic acids is 1. The predicted octanol–water partition coefficient (Wildman–Crippen LogP) is 4.35. The van der Waals surface area contributed by atoms with Gasteiger partial charge in [-0.05, 0) is 56.6 Å². The largest absolute Gasteiger partial charge is 0.492 e. The number of likely N-dealkylation sites (tertiary alicyclic amines) is 1. The number of carboxylic acids is 1. The second-order valence-corrected chi connectivity index (χ2v) is 8.70. The lowest BCUT2D eigenvalue weighted by Crippen LogP contribution is -2.44. The highest BCUT2D eigenvalue weighted by molar-refractivity contribution is 7.99. The Hall–Kier alpha value is -1.98. The van der Waals surface area contributed by atoms with Gasteiger partial charge in [-0.25, -0.2) is 0 Å². The lowest BCUT2D eigenvalue weighted by Gasteiger charge is -2.38. The topological polar surface area (TPSA) is 49.8 Å². The number of hydrogen-bond donors (Lipinski definition) is 1. The van der Waals surface area contributed by atoms with Gasteiger partial charge in [0.1, 0.15) is 5.75 Å². The molecule has 2 aromatic rings. The second-order valence-electron chi connectivity index (χ2n) is 7.58. The van der Waals surface area contributed by atoms with Gasteiger partial charge in [0.15, 0.2) is 0 Å². The molecule has 0 unspecified atom stereocenters. The van der Waals surface area contributed by atoms with Crippen molar-refractivity contribution in [1.82, 2.24) is 4.90 Å². The number of benzene rings is 2. The van der Waals surface area contributed by atoms with Crippen LogP contribution in [0.5, 0.6) is 5.75 Å². The monoisotopic (exact) mass is 383 g/mol. The van der Waals surface area contributed by atoms with Crippen molar-refractivity contribution in [2.45, 2.75) is 41.4 Å². The van der Waals surface area contributed by atoms with E-state index in [9.17, 15) is 4.79 Å². The molecule has 0 bridgehead atoms. The highest BCUT2D eigenvalue weighted by Gasteiger charge is 2.43. The summed E-state index contributed by atoms with van der Waals surface area (Å²) in [5, 5.41) is 8.88. The van der Waals surface area contributed by atoms with Crippen LogP contribution in [0.2, 0.25) is 0 Å². The third kappa shape index (κ3) is 3.85. The third-order valence-corrected chi connectivity index (χ3v) is 6.97. The van der Waals surface area contributed by atoms with Crippen LogP contribution in [-0.4, -0.2) is 42.2 Å². The average Bonchev–Trinajstić information content (AvgIpc) is 3.01. The summed E-state index contributed by atoms with van der Waals surface area (Å²) >= 11 is 1.78. The summed E-state index contributed by atoms with van der Waals surface area (Å²) in [6, 6.07) is 15.1. The van der Waals surface area contributed by atoms with E-state index in [1.54, 1.807) is 11.8 Å². The van der Waals surface area contributed by atoms with Gasteiger partial charge in [-0.2, -0.15) is 0 Å². The molecular weight excluding hydrogens is 358 g/mol. The van der Waals surface area contributed by atoms with Crippen molar-refractivity contribution >= 4 is 17.7 Å². The van der Waals surface area contributed by atoms with Crippen LogP contribution in [-0.2, 0) is 10.2 Å². The predicted molar refractivity (Wildman–Crippen MR) is 107 cm³/mol. The normalized spacial score (nSPS) is 18.3. The Labute approximate surface area is 164 Å². The van der Waals surface area contributed by atoms with Crippen molar-refractivity contribution in [2.24, 2.45) is 0 Å². The molecule has 0 aromatic heterocycles. The van der Waals surface area contributed by atoms with Crippen molar-refractivity contribution in [1.29, 1.82) is 0 Å². The lowest BCUT2D eigenvalue weighted by molar-refractivity contribution is -0.137. The quantitative estimate of drug-likeness (QED) is 0.832. The first-order valence-electron chi connectivity index (χ1n) is 9.51. The molecule has 4 nitrogen and oxygen atoms in total. The summed E-state index contributed by atoms with van der Waals surface area (Å²) < 4.78 is 6.11. The smallest absolute Gasteiger partial charge is 0.304 e. The molecule has 4 rings (SSSR count). The molecular formula is C22H25NO3S. The molecule has 2 aliphatic heterocycles. The third-order valence-electron chi connectivity index (χ3n) is 5.80. The fraction of sp³-hybridized carbons (Fsp3) is 0.409. The van der Waals surface area contributed by atoms with Gasteiger partial charge in [0.25, 0.3) is 0 Å². The summed E-state index contributed by atoms with van der Waals surface area (Å²) in [7, 11) is 0. The van der Waals surface area contributed by atoms with Crippen LogP contribution in [0.25, 0.3) is 0 Å². The summed E-state index contributed by atoms with van der Waals surface area (Å²) in [6.45, 7) is 5.41. The van der Waals surface area contributed by atoms with Crippen molar-refractivity contribution in [3.63, 3.8) is 0 Å². The Balaban J connectivity index is 1.46. The Morgan fingerprint density at radius 1 is 1.22 bits per heavy atom. The van der Waals surface area contributed by atoms with Gasteiger partial charge < -0.3 is 14.7 Å². The number of carbonyl (C=O) groups is 1. The summed E-state index contributed by atoms with van der Waals surface area (Å²) in [5.74, 6) is 0.302. The zero-order valence-corrected chi connectivity index (χ0v) is 16.4. The number of ether oxygens (including phenoxy) is 1. The number of nitrogens with zero attached hydrogens (tertiary/aromatic N) is 1. The Morgan fingerprint density at radius 3 is 2.74 bits per heavy atom. The minimum Gasteiger partial charge on any atom is -0.492 e. The molecule has 1 fully saturated rings. The molecule has 0 radical (unpaired) electrons. The van der Waals surface area contributed by atoms with E-state index in [2.05, 4.69) is 54.3 Å². The lowest BCUT2D eigenvalue weighted by atomic mass is 9.74. The van der Waals surface area contributed by atoms with Crippen LogP contribution in [0.4, 0.5) is 0 Å². The fourth-order valence-corrected chi connectivity index (χ4v) is 5.02. The van der Waals surface area contributed by atoms with Crippen LogP contribution in [0.15, 0.2) is 52.3 Å². The van der Waals surface area contributed by atoms with Crippen LogP contribution < -0.4 is 4.74 Å². The van der Waals surface area contributed by atoms with Gasteiger partial charge in [0.05, 0.1) is 13.0 Å². The van der Waals surface area contributed by atoms with Gasteiger partial charge in [-0.1, -0.05) is 36.0 Å². The highest BCUT2D eigenvalue weighted by Crippen LogP contribution is 2.47. The SMILES string of the molecule is Cc1ccccc1Sc1ccc2c(c1)OCC21CCN(CCC(=O)O)CC1. The molecule has 142 valence electrons. The van der Waals surface area contributed by atoms with Crippen molar-refractivity contribution < 1.29 is 14.6 Å². The van der Waals surface area contributed by atoms with Crippen LogP contribution in [0.3, 0.4) is 0 Å².